The maximum absolute atomic E-state index is 13.8. The van der Waals surface area contributed by atoms with Crippen LogP contribution in [0.4, 0.5) is 33.5 Å². The summed E-state index contributed by atoms with van der Waals surface area (Å²) in [6.45, 7) is 4.16. The number of carbonyl (C=O) groups excluding carboxylic acids is 1. The zero-order valence-corrected chi connectivity index (χ0v) is 25.0. The Hall–Kier alpha value is -3.23. The number of nitrogen functional groups attached to an aromatic ring is 1. The predicted octanol–water partition coefficient (Wildman–Crippen LogP) is 5.56. The molecule has 5 heterocycles. The number of ether oxygens (including phenoxy) is 3. The molecule has 3 fully saturated rings. The Labute approximate surface area is 256 Å². The van der Waals surface area contributed by atoms with Crippen molar-refractivity contribution in [3.63, 3.8) is 0 Å². The number of aromatic nitrogens is 2. The molecular formula is C29H33ClF5N5O4. The van der Waals surface area contributed by atoms with Gasteiger partial charge in [0.25, 0.3) is 6.08 Å². The molecule has 3 atom stereocenters. The van der Waals surface area contributed by atoms with Gasteiger partial charge in [0, 0.05) is 48.3 Å². The first-order valence-electron chi connectivity index (χ1n) is 14.2. The van der Waals surface area contributed by atoms with Gasteiger partial charge in [-0.05, 0) is 43.5 Å². The molecule has 1 aromatic heterocycles. The van der Waals surface area contributed by atoms with Crippen molar-refractivity contribution in [2.24, 2.45) is 5.92 Å². The monoisotopic (exact) mass is 645 g/mol. The number of rotatable bonds is 3. The molecule has 1 aromatic carbocycles. The average Bonchev–Trinajstić information content (AvgIpc) is 3.52. The number of hydrogen-bond acceptors (Lipinski definition) is 9. The number of esters is 1. The van der Waals surface area contributed by atoms with Gasteiger partial charge in [-0.1, -0.05) is 18.5 Å². The van der Waals surface area contributed by atoms with Crippen molar-refractivity contribution in [3.05, 3.63) is 51.2 Å². The summed E-state index contributed by atoms with van der Waals surface area (Å²) in [4.78, 5) is 24.7. The molecule has 3 unspecified atom stereocenters. The summed E-state index contributed by atoms with van der Waals surface area (Å²) in [5.74, 6) is 0.0845. The molecule has 4 aliphatic rings. The Morgan fingerprint density at radius 2 is 1.95 bits per heavy atom. The second kappa shape index (κ2) is 13.0. The third-order valence-corrected chi connectivity index (χ3v) is 8.43. The van der Waals surface area contributed by atoms with Crippen LogP contribution >= 0.6 is 11.6 Å². The number of cyclic esters (lactones) is 1. The Morgan fingerprint density at radius 1 is 1.18 bits per heavy atom. The van der Waals surface area contributed by atoms with Crippen LogP contribution in [-0.4, -0.2) is 66.8 Å². The second-order valence-electron chi connectivity index (χ2n) is 11.4. The van der Waals surface area contributed by atoms with Crippen molar-refractivity contribution in [2.45, 2.75) is 57.5 Å². The SMILES string of the molecule is COc1nc2c(c(N3CC(=O)OCC(C)C3)n1)COC(c1cc(N)cc(Cl)c1C(F)(F)F)C2.FC(F)=C1CC2CCCN2C1. The summed E-state index contributed by atoms with van der Waals surface area (Å²) < 4.78 is 81.7. The fourth-order valence-electron chi connectivity index (χ4n) is 6.14. The standard InChI is InChI=1S/C21H22ClF3N4O4.C8H11F2N/c1-10-6-29(7-17(30)33-8-10)19-13-9-32-16(5-15(13)27-20(28-19)31-2)12-3-11(26)4-14(22)18(12)21(23,24)25;9-8(10)6-4-7-2-1-3-11(7)5-6/h3-4,10,16H,5-9,26H2,1-2H3;7H,1-5H2. The van der Waals surface area contributed by atoms with Crippen molar-refractivity contribution in [3.8, 4) is 6.01 Å². The first-order chi connectivity index (χ1) is 20.8. The number of halogens is 6. The Bertz CT molecular complexity index is 1420. The third-order valence-electron chi connectivity index (χ3n) is 8.14. The molecule has 44 heavy (non-hydrogen) atoms. The molecule has 2 N–H and O–H groups in total. The van der Waals surface area contributed by atoms with E-state index in [0.29, 0.717) is 48.2 Å². The van der Waals surface area contributed by atoms with Gasteiger partial charge in [-0.2, -0.15) is 31.9 Å². The fourth-order valence-corrected chi connectivity index (χ4v) is 6.48. The van der Waals surface area contributed by atoms with Crippen LogP contribution < -0.4 is 15.4 Å². The van der Waals surface area contributed by atoms with E-state index in [1.807, 2.05) is 6.92 Å². The van der Waals surface area contributed by atoms with Crippen LogP contribution in [-0.2, 0) is 33.5 Å². The molecule has 0 saturated carbocycles. The highest BCUT2D eigenvalue weighted by Crippen LogP contribution is 2.44. The Balaban J connectivity index is 0.000000291. The summed E-state index contributed by atoms with van der Waals surface area (Å²) in [5.41, 5.74) is 6.13. The molecular weight excluding hydrogens is 613 g/mol. The molecule has 15 heteroatoms. The van der Waals surface area contributed by atoms with Gasteiger partial charge in [-0.25, -0.2) is 0 Å². The van der Waals surface area contributed by atoms with E-state index in [2.05, 4.69) is 14.9 Å². The van der Waals surface area contributed by atoms with E-state index in [1.54, 1.807) is 4.90 Å². The number of hydrogen-bond donors (Lipinski definition) is 1. The predicted molar refractivity (Wildman–Crippen MR) is 151 cm³/mol. The zero-order chi connectivity index (χ0) is 31.8. The lowest BCUT2D eigenvalue weighted by Crippen LogP contribution is -2.34. The largest absolute Gasteiger partial charge is 0.467 e. The summed E-state index contributed by atoms with van der Waals surface area (Å²) in [7, 11) is 1.39. The summed E-state index contributed by atoms with van der Waals surface area (Å²) >= 11 is 5.90. The lowest BCUT2D eigenvalue weighted by Gasteiger charge is -2.31. The first-order valence-corrected chi connectivity index (χ1v) is 14.6. The minimum absolute atomic E-state index is 0.0118. The van der Waals surface area contributed by atoms with Crippen LogP contribution in [0.3, 0.4) is 0 Å². The van der Waals surface area contributed by atoms with Gasteiger partial charge in [0.15, 0.2) is 0 Å². The van der Waals surface area contributed by atoms with Crippen LogP contribution in [0.1, 0.15) is 54.7 Å². The fraction of sp³-hybridized carbons (Fsp3) is 0.552. The summed E-state index contributed by atoms with van der Waals surface area (Å²) in [6, 6.07) is 2.76. The van der Waals surface area contributed by atoms with E-state index < -0.39 is 34.9 Å². The van der Waals surface area contributed by atoms with E-state index in [0.717, 1.165) is 19.0 Å². The average molecular weight is 646 g/mol. The van der Waals surface area contributed by atoms with Gasteiger partial charge < -0.3 is 24.8 Å². The second-order valence-corrected chi connectivity index (χ2v) is 11.8. The van der Waals surface area contributed by atoms with Crippen molar-refractivity contribution < 1.29 is 41.0 Å². The van der Waals surface area contributed by atoms with Gasteiger partial charge in [0.05, 0.1) is 42.7 Å². The van der Waals surface area contributed by atoms with Crippen LogP contribution in [0.5, 0.6) is 6.01 Å². The molecule has 3 saturated heterocycles. The molecule has 0 aliphatic carbocycles. The molecule has 240 valence electrons. The van der Waals surface area contributed by atoms with E-state index in [-0.39, 0.29) is 49.4 Å². The van der Waals surface area contributed by atoms with Crippen LogP contribution in [0.15, 0.2) is 23.8 Å². The number of methoxy groups -OCH3 is 1. The van der Waals surface area contributed by atoms with Gasteiger partial charge in [-0.15, -0.1) is 0 Å². The smallest absolute Gasteiger partial charge is 0.418 e. The van der Waals surface area contributed by atoms with Gasteiger partial charge >= 0.3 is 18.2 Å². The van der Waals surface area contributed by atoms with Gasteiger partial charge in [-0.3, -0.25) is 9.69 Å². The van der Waals surface area contributed by atoms with Crippen molar-refractivity contribution >= 4 is 29.1 Å². The first kappa shape index (κ1) is 32.2. The number of nitrogens with two attached hydrogens (primary N) is 1. The van der Waals surface area contributed by atoms with Crippen LogP contribution in [0.25, 0.3) is 0 Å². The van der Waals surface area contributed by atoms with Crippen LogP contribution in [0.2, 0.25) is 5.02 Å². The Morgan fingerprint density at radius 3 is 2.64 bits per heavy atom. The minimum Gasteiger partial charge on any atom is -0.467 e. The van der Waals surface area contributed by atoms with E-state index in [1.165, 1.54) is 19.6 Å². The zero-order valence-electron chi connectivity index (χ0n) is 24.2. The number of anilines is 2. The maximum Gasteiger partial charge on any atom is 0.418 e. The molecule has 6 rings (SSSR count). The maximum atomic E-state index is 13.8. The normalized spacial score (nSPS) is 23.7. The number of carbonyl (C=O) groups is 1. The lowest BCUT2D eigenvalue weighted by atomic mass is 9.94. The summed E-state index contributed by atoms with van der Waals surface area (Å²) in [6.07, 6.45) is -4.21. The minimum atomic E-state index is -4.69. The number of benzene rings is 1. The summed E-state index contributed by atoms with van der Waals surface area (Å²) in [5, 5.41) is -0.495. The van der Waals surface area contributed by atoms with E-state index in [9.17, 15) is 26.7 Å². The van der Waals surface area contributed by atoms with E-state index >= 15 is 0 Å². The molecule has 0 bridgehead atoms. The molecule has 9 nitrogen and oxygen atoms in total. The topological polar surface area (TPSA) is 103 Å². The quantitative estimate of drug-likeness (QED) is 0.261. The molecule has 0 radical (unpaired) electrons. The highest BCUT2D eigenvalue weighted by molar-refractivity contribution is 6.31. The van der Waals surface area contributed by atoms with Crippen LogP contribution in [0, 0.1) is 5.92 Å². The number of alkyl halides is 3. The van der Waals surface area contributed by atoms with Gasteiger partial charge in [0.1, 0.15) is 12.4 Å². The lowest BCUT2D eigenvalue weighted by molar-refractivity contribution is -0.142. The number of fused-ring (bicyclic) bond motifs is 2. The van der Waals surface area contributed by atoms with E-state index in [4.69, 9.17) is 31.5 Å². The Kier molecular flexibility index (Phi) is 9.52. The molecule has 2 aromatic rings. The van der Waals surface area contributed by atoms with Gasteiger partial charge in [0.2, 0.25) is 0 Å². The molecule has 4 aliphatic heterocycles. The number of nitrogens with zero attached hydrogens (tertiary/aromatic N) is 4. The highest BCUT2D eigenvalue weighted by Gasteiger charge is 2.40. The van der Waals surface area contributed by atoms with Crippen molar-refractivity contribution in [2.75, 3.05) is 50.5 Å². The molecule has 0 spiro atoms. The van der Waals surface area contributed by atoms with Crippen molar-refractivity contribution in [1.82, 2.24) is 14.9 Å². The third kappa shape index (κ3) is 7.02. The van der Waals surface area contributed by atoms with Crippen molar-refractivity contribution in [1.29, 1.82) is 0 Å². The highest BCUT2D eigenvalue weighted by atomic mass is 35.5. The molecule has 0 amide bonds.